The monoisotopic (exact) mass is 389 g/mol. The third kappa shape index (κ3) is 2.74. The van der Waals surface area contributed by atoms with Crippen LogP contribution >= 0.6 is 0 Å². The van der Waals surface area contributed by atoms with Gasteiger partial charge in [0.1, 0.15) is 6.07 Å². The number of aromatic amines is 1. The van der Waals surface area contributed by atoms with Gasteiger partial charge in [-0.1, -0.05) is 18.2 Å². The number of rotatable bonds is 3. The Hall–Kier alpha value is -4.33. The molecule has 0 radical (unpaired) electrons. The molecule has 4 rings (SSSR count). The zero-order valence-corrected chi connectivity index (χ0v) is 15.8. The minimum Gasteiger partial charge on any atom is -0.291 e. The van der Waals surface area contributed by atoms with Gasteiger partial charge >= 0.3 is 5.56 Å². The van der Waals surface area contributed by atoms with E-state index in [4.69, 9.17) is 5.26 Å². The first-order chi connectivity index (χ1) is 13.9. The summed E-state index contributed by atoms with van der Waals surface area (Å²) < 4.78 is 4.27. The van der Waals surface area contributed by atoms with Gasteiger partial charge in [-0.25, -0.2) is 4.68 Å². The van der Waals surface area contributed by atoms with Gasteiger partial charge in [0.15, 0.2) is 11.4 Å². The predicted molar refractivity (Wildman–Crippen MR) is 103 cm³/mol. The summed E-state index contributed by atoms with van der Waals surface area (Å²) in [7, 11) is 1.76. The molecule has 0 aliphatic carbocycles. The molecule has 3 aromatic heterocycles. The van der Waals surface area contributed by atoms with Crippen LogP contribution in [-0.2, 0) is 7.05 Å². The van der Waals surface area contributed by atoms with E-state index in [0.717, 1.165) is 4.52 Å². The van der Waals surface area contributed by atoms with E-state index in [9.17, 15) is 9.59 Å². The van der Waals surface area contributed by atoms with Gasteiger partial charge in [-0.2, -0.15) is 9.78 Å². The number of aromatic nitrogens is 6. The van der Waals surface area contributed by atoms with E-state index < -0.39 is 5.56 Å². The van der Waals surface area contributed by atoms with Crippen LogP contribution in [0.25, 0.3) is 11.3 Å². The number of hydrogen-bond donors (Lipinski definition) is 1. The van der Waals surface area contributed by atoms with Crippen molar-refractivity contribution in [2.24, 2.45) is 17.3 Å². The smallest absolute Gasteiger partial charge is 0.291 e. The first-order valence-electron chi connectivity index (χ1n) is 8.58. The first kappa shape index (κ1) is 18.1. The Morgan fingerprint density at radius 1 is 1.03 bits per heavy atom. The first-order valence-corrected chi connectivity index (χ1v) is 8.58. The van der Waals surface area contributed by atoms with Crippen molar-refractivity contribution >= 4 is 17.0 Å². The summed E-state index contributed by atoms with van der Waals surface area (Å²) >= 11 is 0. The largest absolute Gasteiger partial charge is 0.309 e. The molecule has 11 nitrogen and oxygen atoms in total. The summed E-state index contributed by atoms with van der Waals surface area (Å²) in [5, 5.41) is 27.5. The second-order valence-corrected chi connectivity index (χ2v) is 6.32. The lowest BCUT2D eigenvalue weighted by molar-refractivity contribution is 0.630. The second-order valence-electron chi connectivity index (χ2n) is 6.32. The second kappa shape index (κ2) is 6.68. The Morgan fingerprint density at radius 3 is 2.41 bits per heavy atom. The number of aryl methyl sites for hydroxylation is 1. The van der Waals surface area contributed by atoms with Crippen LogP contribution < -0.4 is 11.1 Å². The minimum atomic E-state index is -0.635. The van der Waals surface area contributed by atoms with Crippen molar-refractivity contribution in [3.05, 3.63) is 68.1 Å². The van der Waals surface area contributed by atoms with Crippen LogP contribution in [-0.4, -0.2) is 29.2 Å². The van der Waals surface area contributed by atoms with E-state index in [0.29, 0.717) is 17.1 Å². The number of benzene rings is 1. The molecule has 29 heavy (non-hydrogen) atoms. The van der Waals surface area contributed by atoms with Crippen LogP contribution in [0.15, 0.2) is 50.1 Å². The minimum absolute atomic E-state index is 0.118. The number of nitriles is 1. The van der Waals surface area contributed by atoms with Crippen LogP contribution in [0.2, 0.25) is 0 Å². The Labute approximate surface area is 163 Å². The van der Waals surface area contributed by atoms with Crippen LogP contribution in [0.1, 0.15) is 17.1 Å². The van der Waals surface area contributed by atoms with Gasteiger partial charge in [0.25, 0.3) is 5.56 Å². The van der Waals surface area contributed by atoms with Gasteiger partial charge in [-0.05, 0) is 26.0 Å². The van der Waals surface area contributed by atoms with Crippen molar-refractivity contribution in [1.82, 2.24) is 29.2 Å². The highest BCUT2D eigenvalue weighted by Crippen LogP contribution is 2.25. The summed E-state index contributed by atoms with van der Waals surface area (Å²) in [6.45, 7) is 3.44. The average molecular weight is 389 g/mol. The van der Waals surface area contributed by atoms with Gasteiger partial charge in [-0.15, -0.1) is 20.4 Å². The molecule has 0 fully saturated rings. The summed E-state index contributed by atoms with van der Waals surface area (Å²) in [6.07, 6.45) is 0. The lowest BCUT2D eigenvalue weighted by atomic mass is 10.3. The maximum atomic E-state index is 12.9. The number of para-hydroxylation sites is 1. The van der Waals surface area contributed by atoms with Crippen LogP contribution in [0, 0.1) is 25.2 Å². The fraction of sp³-hybridized carbons (Fsp3) is 0.167. The molecule has 11 heteroatoms. The Kier molecular flexibility index (Phi) is 4.16. The standard InChI is InChI=1S/C18H15N9O2/c1-10-14(16-23-20-13(9-19)17(28)26(16)24-10)21-22-15-11(2)25(3)27(18(15)29)12-7-5-4-6-8-12/h4-8,24H,1-3H3. The highest BCUT2D eigenvalue weighted by atomic mass is 16.1. The van der Waals surface area contributed by atoms with Gasteiger partial charge < -0.3 is 0 Å². The van der Waals surface area contributed by atoms with Gasteiger partial charge in [0, 0.05) is 7.05 Å². The molecule has 0 bridgehead atoms. The number of nitrogens with zero attached hydrogens (tertiary/aromatic N) is 8. The van der Waals surface area contributed by atoms with Crippen molar-refractivity contribution in [2.75, 3.05) is 0 Å². The summed E-state index contributed by atoms with van der Waals surface area (Å²) in [5.41, 5.74) is 1.06. The summed E-state index contributed by atoms with van der Waals surface area (Å²) in [5.74, 6) is 0. The maximum Gasteiger partial charge on any atom is 0.309 e. The number of hydrogen-bond acceptors (Lipinski definition) is 7. The molecule has 0 aliphatic heterocycles. The zero-order chi connectivity index (χ0) is 20.7. The molecule has 0 amide bonds. The van der Waals surface area contributed by atoms with Gasteiger partial charge in [-0.3, -0.25) is 19.4 Å². The summed E-state index contributed by atoms with van der Waals surface area (Å²) in [6, 6.07) is 10.9. The normalized spacial score (nSPS) is 11.4. The molecular formula is C18H15N9O2. The molecule has 0 unspecified atom stereocenters. The van der Waals surface area contributed by atoms with Crippen molar-refractivity contribution < 1.29 is 0 Å². The molecule has 0 aliphatic rings. The van der Waals surface area contributed by atoms with E-state index in [1.807, 2.05) is 30.3 Å². The highest BCUT2D eigenvalue weighted by molar-refractivity contribution is 5.66. The SMILES string of the molecule is Cc1[nH]n2c(=O)c(C#N)nnc2c1N=Nc1c(C)n(C)n(-c2ccccc2)c1=O. The van der Waals surface area contributed by atoms with Crippen LogP contribution in [0.5, 0.6) is 0 Å². The fourth-order valence-electron chi connectivity index (χ4n) is 2.99. The van der Waals surface area contributed by atoms with Crippen LogP contribution in [0.3, 0.4) is 0 Å². The third-order valence-electron chi connectivity index (χ3n) is 4.59. The lowest BCUT2D eigenvalue weighted by Gasteiger charge is -2.07. The van der Waals surface area contributed by atoms with Crippen molar-refractivity contribution in [3.8, 4) is 11.8 Å². The molecule has 0 atom stereocenters. The molecular weight excluding hydrogens is 374 g/mol. The number of H-pyrrole nitrogens is 1. The number of nitrogens with one attached hydrogen (secondary N) is 1. The molecule has 0 saturated carbocycles. The van der Waals surface area contributed by atoms with E-state index in [2.05, 4.69) is 25.5 Å². The molecule has 0 saturated heterocycles. The van der Waals surface area contributed by atoms with Crippen molar-refractivity contribution in [2.45, 2.75) is 13.8 Å². The predicted octanol–water partition coefficient (Wildman–Crippen LogP) is 1.81. The van der Waals surface area contributed by atoms with E-state index in [1.54, 1.807) is 31.6 Å². The number of azo groups is 1. The molecule has 4 aromatic rings. The summed E-state index contributed by atoms with van der Waals surface area (Å²) in [4.78, 5) is 25.1. The molecule has 144 valence electrons. The Bertz CT molecular complexity index is 1430. The van der Waals surface area contributed by atoms with E-state index in [1.165, 1.54) is 4.68 Å². The zero-order valence-electron chi connectivity index (χ0n) is 15.8. The Balaban J connectivity index is 1.85. The van der Waals surface area contributed by atoms with Gasteiger partial charge in [0.2, 0.25) is 11.3 Å². The van der Waals surface area contributed by atoms with Crippen LogP contribution in [0.4, 0.5) is 11.4 Å². The van der Waals surface area contributed by atoms with E-state index >= 15 is 0 Å². The van der Waals surface area contributed by atoms with Crippen molar-refractivity contribution in [3.63, 3.8) is 0 Å². The number of fused-ring (bicyclic) bond motifs is 1. The van der Waals surface area contributed by atoms with Gasteiger partial charge in [0.05, 0.1) is 17.1 Å². The van der Waals surface area contributed by atoms with Crippen molar-refractivity contribution in [1.29, 1.82) is 5.26 Å². The average Bonchev–Trinajstić information content (AvgIpc) is 3.15. The third-order valence-corrected chi connectivity index (χ3v) is 4.59. The quantitative estimate of drug-likeness (QED) is 0.532. The topological polar surface area (TPSA) is 138 Å². The molecule has 1 N–H and O–H groups in total. The highest BCUT2D eigenvalue weighted by Gasteiger charge is 2.18. The van der Waals surface area contributed by atoms with E-state index in [-0.39, 0.29) is 28.3 Å². The maximum absolute atomic E-state index is 12.9. The molecule has 0 spiro atoms. The lowest BCUT2D eigenvalue weighted by Crippen LogP contribution is -2.20. The molecule has 1 aromatic carbocycles. The fourth-order valence-corrected chi connectivity index (χ4v) is 2.99. The molecule has 3 heterocycles. The Morgan fingerprint density at radius 2 is 1.72 bits per heavy atom.